The predicted molar refractivity (Wildman–Crippen MR) is 74.9 cm³/mol. The van der Waals surface area contributed by atoms with Gasteiger partial charge in [-0.15, -0.1) is 0 Å². The number of methoxy groups -OCH3 is 2. The number of nitrogens with zero attached hydrogens (tertiary/aromatic N) is 3. The quantitative estimate of drug-likeness (QED) is 0.862. The molecule has 2 aromatic heterocycles. The van der Waals surface area contributed by atoms with Crippen LogP contribution < -0.4 is 14.8 Å². The van der Waals surface area contributed by atoms with Crippen LogP contribution in [0.25, 0.3) is 0 Å². The monoisotopic (exact) mass is 274 g/mol. The Labute approximate surface area is 118 Å². The predicted octanol–water partition coefficient (Wildman–Crippen LogP) is 1.59. The van der Waals surface area contributed by atoms with Crippen LogP contribution in [-0.2, 0) is 0 Å². The third-order valence-corrected chi connectivity index (χ3v) is 2.87. The van der Waals surface area contributed by atoms with Gasteiger partial charge < -0.3 is 14.8 Å². The Morgan fingerprint density at radius 2 is 1.75 bits per heavy atom. The topological polar surface area (TPSA) is 69.2 Å². The van der Waals surface area contributed by atoms with Crippen LogP contribution in [-0.4, -0.2) is 35.7 Å². The largest absolute Gasteiger partial charge is 0.481 e. The van der Waals surface area contributed by atoms with Crippen LogP contribution in [0.1, 0.15) is 24.2 Å². The first-order valence-electron chi connectivity index (χ1n) is 6.39. The summed E-state index contributed by atoms with van der Waals surface area (Å²) in [7, 11) is 3.18. The lowest BCUT2D eigenvalue weighted by atomic mass is 10.0. The maximum Gasteiger partial charge on any atom is 0.237 e. The smallest absolute Gasteiger partial charge is 0.237 e. The summed E-state index contributed by atoms with van der Waals surface area (Å²) in [6.07, 6.45) is 4.94. The summed E-state index contributed by atoms with van der Waals surface area (Å²) >= 11 is 0. The molecule has 1 N–H and O–H groups in total. The molecular formula is C14H18N4O2. The fraction of sp³-hybridized carbons (Fsp3) is 0.357. The van der Waals surface area contributed by atoms with Crippen molar-refractivity contribution in [1.29, 1.82) is 0 Å². The highest BCUT2D eigenvalue weighted by Crippen LogP contribution is 2.30. The number of hydrogen-bond donors (Lipinski definition) is 1. The molecule has 2 aromatic rings. The molecule has 0 aliphatic rings. The van der Waals surface area contributed by atoms with Gasteiger partial charge in [-0.3, -0.25) is 4.98 Å². The molecular weight excluding hydrogens is 256 g/mol. The molecule has 0 aromatic carbocycles. The lowest BCUT2D eigenvalue weighted by molar-refractivity contribution is 0.373. The van der Waals surface area contributed by atoms with Crippen molar-refractivity contribution in [3.8, 4) is 11.8 Å². The van der Waals surface area contributed by atoms with Crippen LogP contribution in [0.4, 0.5) is 0 Å². The molecule has 0 aliphatic carbocycles. The van der Waals surface area contributed by atoms with Gasteiger partial charge in [0.2, 0.25) is 11.8 Å². The van der Waals surface area contributed by atoms with E-state index in [2.05, 4.69) is 20.3 Å². The minimum Gasteiger partial charge on any atom is -0.481 e. The molecule has 0 aliphatic heterocycles. The SMILES string of the molecule is CCNC(c1cccnc1OC)c1nccnc1OC. The zero-order valence-corrected chi connectivity index (χ0v) is 11.8. The van der Waals surface area contributed by atoms with Crippen molar-refractivity contribution in [2.24, 2.45) is 0 Å². The molecule has 0 saturated heterocycles. The van der Waals surface area contributed by atoms with Crippen LogP contribution in [0.15, 0.2) is 30.7 Å². The van der Waals surface area contributed by atoms with Crippen LogP contribution in [0.5, 0.6) is 11.8 Å². The molecule has 20 heavy (non-hydrogen) atoms. The molecule has 0 saturated carbocycles. The second kappa shape index (κ2) is 6.81. The highest BCUT2D eigenvalue weighted by Gasteiger charge is 2.23. The summed E-state index contributed by atoms with van der Waals surface area (Å²) in [6, 6.07) is 3.63. The summed E-state index contributed by atoms with van der Waals surface area (Å²) in [5.74, 6) is 1.05. The van der Waals surface area contributed by atoms with Crippen molar-refractivity contribution in [1.82, 2.24) is 20.3 Å². The zero-order chi connectivity index (χ0) is 14.4. The Morgan fingerprint density at radius 3 is 2.45 bits per heavy atom. The van der Waals surface area contributed by atoms with Crippen LogP contribution in [0, 0.1) is 0 Å². The van der Waals surface area contributed by atoms with Crippen molar-refractivity contribution >= 4 is 0 Å². The van der Waals surface area contributed by atoms with Gasteiger partial charge >= 0.3 is 0 Å². The van der Waals surface area contributed by atoms with Gasteiger partial charge in [-0.25, -0.2) is 9.97 Å². The molecule has 0 radical (unpaired) electrons. The average Bonchev–Trinajstić information content (AvgIpc) is 2.52. The molecule has 0 fully saturated rings. The molecule has 6 heteroatoms. The number of aromatic nitrogens is 3. The molecule has 0 bridgehead atoms. The summed E-state index contributed by atoms with van der Waals surface area (Å²) in [5.41, 5.74) is 1.61. The molecule has 106 valence electrons. The number of rotatable bonds is 6. The van der Waals surface area contributed by atoms with Gasteiger partial charge in [-0.1, -0.05) is 13.0 Å². The standard InChI is InChI=1S/C14H18N4O2/c1-4-15-11(10-6-5-7-17-13(10)19-2)12-14(20-3)18-9-8-16-12/h5-9,11,15H,4H2,1-3H3. The minimum atomic E-state index is -0.188. The van der Waals surface area contributed by atoms with Gasteiger partial charge in [0.25, 0.3) is 0 Å². The highest BCUT2D eigenvalue weighted by molar-refractivity contribution is 5.38. The summed E-state index contributed by atoms with van der Waals surface area (Å²) in [6.45, 7) is 2.79. The second-order valence-electron chi connectivity index (χ2n) is 4.04. The Kier molecular flexibility index (Phi) is 4.84. The van der Waals surface area contributed by atoms with Crippen LogP contribution in [0.3, 0.4) is 0 Å². The van der Waals surface area contributed by atoms with E-state index in [1.54, 1.807) is 32.8 Å². The van der Waals surface area contributed by atoms with Gasteiger partial charge in [-0.05, 0) is 12.6 Å². The average molecular weight is 274 g/mol. The normalized spacial score (nSPS) is 11.9. The molecule has 0 amide bonds. The first kappa shape index (κ1) is 14.2. The maximum absolute atomic E-state index is 5.33. The van der Waals surface area contributed by atoms with Crippen LogP contribution >= 0.6 is 0 Å². The van der Waals surface area contributed by atoms with E-state index in [4.69, 9.17) is 9.47 Å². The highest BCUT2D eigenvalue weighted by atomic mass is 16.5. The summed E-state index contributed by atoms with van der Waals surface area (Å²) in [4.78, 5) is 12.8. The lowest BCUT2D eigenvalue weighted by Gasteiger charge is -2.20. The summed E-state index contributed by atoms with van der Waals surface area (Å²) < 4.78 is 10.6. The van der Waals surface area contributed by atoms with E-state index in [0.29, 0.717) is 17.5 Å². The first-order valence-corrected chi connectivity index (χ1v) is 6.39. The molecule has 1 unspecified atom stereocenters. The lowest BCUT2D eigenvalue weighted by Crippen LogP contribution is -2.24. The number of hydrogen-bond acceptors (Lipinski definition) is 6. The fourth-order valence-electron chi connectivity index (χ4n) is 2.04. The van der Waals surface area contributed by atoms with Gasteiger partial charge in [0, 0.05) is 24.2 Å². The fourth-order valence-corrected chi connectivity index (χ4v) is 2.04. The van der Waals surface area contributed by atoms with Crippen molar-refractivity contribution in [3.63, 3.8) is 0 Å². The van der Waals surface area contributed by atoms with Gasteiger partial charge in [0.1, 0.15) is 5.69 Å². The van der Waals surface area contributed by atoms with Gasteiger partial charge in [-0.2, -0.15) is 0 Å². The minimum absolute atomic E-state index is 0.188. The van der Waals surface area contributed by atoms with Crippen molar-refractivity contribution < 1.29 is 9.47 Å². The van der Waals surface area contributed by atoms with Crippen molar-refractivity contribution in [2.45, 2.75) is 13.0 Å². The summed E-state index contributed by atoms with van der Waals surface area (Å²) in [5, 5.41) is 3.36. The number of pyridine rings is 1. The number of nitrogens with one attached hydrogen (secondary N) is 1. The molecule has 2 rings (SSSR count). The van der Waals surface area contributed by atoms with E-state index in [1.807, 2.05) is 19.1 Å². The molecule has 0 spiro atoms. The second-order valence-corrected chi connectivity index (χ2v) is 4.04. The van der Waals surface area contributed by atoms with E-state index in [0.717, 1.165) is 12.1 Å². The van der Waals surface area contributed by atoms with Gasteiger partial charge in [0.05, 0.1) is 20.3 Å². The Hall–Kier alpha value is -2.21. The van der Waals surface area contributed by atoms with E-state index in [-0.39, 0.29) is 6.04 Å². The van der Waals surface area contributed by atoms with Crippen molar-refractivity contribution in [2.75, 3.05) is 20.8 Å². The van der Waals surface area contributed by atoms with E-state index >= 15 is 0 Å². The van der Waals surface area contributed by atoms with Crippen LogP contribution in [0.2, 0.25) is 0 Å². The van der Waals surface area contributed by atoms with E-state index < -0.39 is 0 Å². The Morgan fingerprint density at radius 1 is 1.05 bits per heavy atom. The molecule has 2 heterocycles. The van der Waals surface area contributed by atoms with E-state index in [1.165, 1.54) is 0 Å². The zero-order valence-electron chi connectivity index (χ0n) is 11.8. The van der Waals surface area contributed by atoms with Gasteiger partial charge in [0.15, 0.2) is 0 Å². The maximum atomic E-state index is 5.33. The van der Waals surface area contributed by atoms with E-state index in [9.17, 15) is 0 Å². The Bertz CT molecular complexity index is 515. The number of ether oxygens (including phenoxy) is 2. The Balaban J connectivity index is 2.50. The first-order chi connectivity index (χ1) is 9.81. The van der Waals surface area contributed by atoms with Crippen molar-refractivity contribution in [3.05, 3.63) is 42.0 Å². The third kappa shape index (κ3) is 2.85. The molecule has 1 atom stereocenters. The molecule has 6 nitrogen and oxygen atoms in total. The third-order valence-electron chi connectivity index (χ3n) is 2.87.